The van der Waals surface area contributed by atoms with Crippen LogP contribution in [-0.4, -0.2) is 17.6 Å². The van der Waals surface area contributed by atoms with Gasteiger partial charge in [-0.1, -0.05) is 12.1 Å². The lowest BCUT2D eigenvalue weighted by molar-refractivity contribution is 0.0915. The summed E-state index contributed by atoms with van der Waals surface area (Å²) in [4.78, 5) is 11.8. The molecule has 1 amide bonds. The van der Waals surface area contributed by atoms with Gasteiger partial charge in [0.05, 0.1) is 17.9 Å². The van der Waals surface area contributed by atoms with E-state index in [1.165, 1.54) is 6.26 Å². The van der Waals surface area contributed by atoms with Crippen molar-refractivity contribution in [3.05, 3.63) is 53.5 Å². The summed E-state index contributed by atoms with van der Waals surface area (Å²) in [5.41, 5.74) is 7.38. The van der Waals surface area contributed by atoms with E-state index >= 15 is 0 Å². The maximum atomic E-state index is 11.8. The number of amides is 1. The standard InChI is InChI=1S/C14H16N2O3/c1-9-12(6-7-19-9)14(18)16-8-13(17)10-2-4-11(15)5-3-10/h2-7,13,17H,8,15H2,1H3,(H,16,18). The second kappa shape index (κ2) is 5.58. The Morgan fingerprint density at radius 2 is 2.05 bits per heavy atom. The Hall–Kier alpha value is -2.27. The quantitative estimate of drug-likeness (QED) is 0.729. The Balaban J connectivity index is 1.94. The second-order valence-corrected chi connectivity index (χ2v) is 4.28. The number of anilines is 1. The zero-order valence-electron chi connectivity index (χ0n) is 10.6. The van der Waals surface area contributed by atoms with E-state index in [0.717, 1.165) is 0 Å². The predicted octanol–water partition coefficient (Wildman–Crippen LogP) is 1.63. The molecule has 1 atom stereocenters. The van der Waals surface area contributed by atoms with Crippen molar-refractivity contribution >= 4 is 11.6 Å². The van der Waals surface area contributed by atoms with Gasteiger partial charge in [-0.15, -0.1) is 0 Å². The first kappa shape index (κ1) is 13.2. The van der Waals surface area contributed by atoms with Crippen LogP contribution in [0.2, 0.25) is 0 Å². The van der Waals surface area contributed by atoms with Crippen LogP contribution in [0.3, 0.4) is 0 Å². The molecule has 0 spiro atoms. The summed E-state index contributed by atoms with van der Waals surface area (Å²) in [6.45, 7) is 1.85. The molecule has 2 aromatic rings. The zero-order valence-corrected chi connectivity index (χ0v) is 10.6. The molecule has 1 aromatic carbocycles. The fourth-order valence-corrected chi connectivity index (χ4v) is 1.74. The third-order valence-corrected chi connectivity index (χ3v) is 2.88. The van der Waals surface area contributed by atoms with Gasteiger partial charge in [-0.2, -0.15) is 0 Å². The number of benzene rings is 1. The van der Waals surface area contributed by atoms with Crippen molar-refractivity contribution < 1.29 is 14.3 Å². The van der Waals surface area contributed by atoms with E-state index in [9.17, 15) is 9.90 Å². The maximum Gasteiger partial charge on any atom is 0.254 e. The number of aryl methyl sites for hydroxylation is 1. The average molecular weight is 260 g/mol. The number of furan rings is 1. The molecule has 1 aromatic heterocycles. The summed E-state index contributed by atoms with van der Waals surface area (Å²) >= 11 is 0. The van der Waals surface area contributed by atoms with Crippen molar-refractivity contribution in [1.82, 2.24) is 5.32 Å². The first-order chi connectivity index (χ1) is 9.08. The van der Waals surface area contributed by atoms with Gasteiger partial charge < -0.3 is 20.6 Å². The normalized spacial score (nSPS) is 12.1. The van der Waals surface area contributed by atoms with Crippen LogP contribution in [0.25, 0.3) is 0 Å². The second-order valence-electron chi connectivity index (χ2n) is 4.28. The predicted molar refractivity (Wildman–Crippen MR) is 71.6 cm³/mol. The highest BCUT2D eigenvalue weighted by Crippen LogP contribution is 2.14. The van der Waals surface area contributed by atoms with Crippen LogP contribution in [0.5, 0.6) is 0 Å². The lowest BCUT2D eigenvalue weighted by atomic mass is 10.1. The molecule has 0 saturated heterocycles. The van der Waals surface area contributed by atoms with Gasteiger partial charge in [0.25, 0.3) is 5.91 Å². The molecule has 5 nitrogen and oxygen atoms in total. The topological polar surface area (TPSA) is 88.5 Å². The van der Waals surface area contributed by atoms with E-state index in [1.807, 2.05) is 0 Å². The molecule has 2 rings (SSSR count). The lowest BCUT2D eigenvalue weighted by Crippen LogP contribution is -2.28. The largest absolute Gasteiger partial charge is 0.469 e. The van der Waals surface area contributed by atoms with Crippen LogP contribution in [0.4, 0.5) is 5.69 Å². The SMILES string of the molecule is Cc1occc1C(=O)NCC(O)c1ccc(N)cc1. The molecule has 4 N–H and O–H groups in total. The molecule has 0 bridgehead atoms. The van der Waals surface area contributed by atoms with Crippen molar-refractivity contribution in [3.63, 3.8) is 0 Å². The van der Waals surface area contributed by atoms with Crippen molar-refractivity contribution in [2.45, 2.75) is 13.0 Å². The fraction of sp³-hybridized carbons (Fsp3) is 0.214. The van der Waals surface area contributed by atoms with Gasteiger partial charge in [0, 0.05) is 12.2 Å². The fourth-order valence-electron chi connectivity index (χ4n) is 1.74. The Morgan fingerprint density at radius 1 is 1.37 bits per heavy atom. The minimum atomic E-state index is -0.767. The Labute approximate surface area is 111 Å². The molecule has 5 heteroatoms. The van der Waals surface area contributed by atoms with Crippen molar-refractivity contribution in [1.29, 1.82) is 0 Å². The first-order valence-corrected chi connectivity index (χ1v) is 5.93. The smallest absolute Gasteiger partial charge is 0.254 e. The van der Waals surface area contributed by atoms with Crippen LogP contribution in [0, 0.1) is 6.92 Å². The van der Waals surface area contributed by atoms with Crippen LogP contribution in [-0.2, 0) is 0 Å². The van der Waals surface area contributed by atoms with Crippen LogP contribution < -0.4 is 11.1 Å². The number of carbonyl (C=O) groups excluding carboxylic acids is 1. The lowest BCUT2D eigenvalue weighted by Gasteiger charge is -2.12. The average Bonchev–Trinajstić information content (AvgIpc) is 2.83. The summed E-state index contributed by atoms with van der Waals surface area (Å²) in [5, 5.41) is 12.6. The maximum absolute atomic E-state index is 11.8. The number of aliphatic hydroxyl groups is 1. The minimum absolute atomic E-state index is 0.132. The monoisotopic (exact) mass is 260 g/mol. The molecular weight excluding hydrogens is 244 g/mol. The summed E-state index contributed by atoms with van der Waals surface area (Å²) < 4.78 is 5.05. The van der Waals surface area contributed by atoms with Gasteiger partial charge in [0.2, 0.25) is 0 Å². The number of hydrogen-bond acceptors (Lipinski definition) is 4. The van der Waals surface area contributed by atoms with E-state index < -0.39 is 6.10 Å². The number of rotatable bonds is 4. The van der Waals surface area contributed by atoms with E-state index in [1.54, 1.807) is 37.3 Å². The summed E-state index contributed by atoms with van der Waals surface area (Å²) in [7, 11) is 0. The van der Waals surface area contributed by atoms with Gasteiger partial charge in [-0.05, 0) is 30.7 Å². The highest BCUT2D eigenvalue weighted by Gasteiger charge is 2.13. The van der Waals surface area contributed by atoms with Crippen LogP contribution in [0.1, 0.15) is 27.8 Å². The van der Waals surface area contributed by atoms with Gasteiger partial charge >= 0.3 is 0 Å². The van der Waals surface area contributed by atoms with Crippen LogP contribution in [0.15, 0.2) is 41.0 Å². The number of nitrogens with two attached hydrogens (primary N) is 1. The number of aliphatic hydroxyl groups excluding tert-OH is 1. The van der Waals surface area contributed by atoms with E-state index in [4.69, 9.17) is 10.2 Å². The molecule has 1 heterocycles. The van der Waals surface area contributed by atoms with E-state index in [0.29, 0.717) is 22.6 Å². The molecule has 0 aliphatic carbocycles. The summed E-state index contributed by atoms with van der Waals surface area (Å²) in [5.74, 6) is 0.292. The molecule has 0 fully saturated rings. The molecule has 0 saturated carbocycles. The Kier molecular flexibility index (Phi) is 3.87. The Morgan fingerprint density at radius 3 is 2.63 bits per heavy atom. The zero-order chi connectivity index (χ0) is 13.8. The van der Waals surface area contributed by atoms with Crippen molar-refractivity contribution in [3.8, 4) is 0 Å². The number of carbonyl (C=O) groups is 1. The molecule has 0 aliphatic rings. The van der Waals surface area contributed by atoms with Crippen molar-refractivity contribution in [2.75, 3.05) is 12.3 Å². The Bertz CT molecular complexity index is 560. The third kappa shape index (κ3) is 3.14. The van der Waals surface area contributed by atoms with Gasteiger partial charge in [0.1, 0.15) is 5.76 Å². The first-order valence-electron chi connectivity index (χ1n) is 5.93. The molecule has 100 valence electrons. The van der Waals surface area contributed by atoms with Gasteiger partial charge in [0.15, 0.2) is 0 Å². The minimum Gasteiger partial charge on any atom is -0.469 e. The highest BCUT2D eigenvalue weighted by molar-refractivity contribution is 5.95. The van der Waals surface area contributed by atoms with E-state index in [-0.39, 0.29) is 12.5 Å². The molecule has 19 heavy (non-hydrogen) atoms. The number of nitrogens with one attached hydrogen (secondary N) is 1. The van der Waals surface area contributed by atoms with Gasteiger partial charge in [-0.3, -0.25) is 4.79 Å². The van der Waals surface area contributed by atoms with Crippen LogP contribution >= 0.6 is 0 Å². The highest BCUT2D eigenvalue weighted by atomic mass is 16.3. The van der Waals surface area contributed by atoms with E-state index in [2.05, 4.69) is 5.32 Å². The molecule has 0 aliphatic heterocycles. The van der Waals surface area contributed by atoms with Gasteiger partial charge in [-0.25, -0.2) is 0 Å². The summed E-state index contributed by atoms with van der Waals surface area (Å²) in [6, 6.07) is 8.48. The third-order valence-electron chi connectivity index (χ3n) is 2.88. The number of nitrogen functional groups attached to an aromatic ring is 1. The molecule has 1 unspecified atom stereocenters. The summed E-state index contributed by atoms with van der Waals surface area (Å²) in [6.07, 6.45) is 0.692. The number of hydrogen-bond donors (Lipinski definition) is 3. The molecular formula is C14H16N2O3. The van der Waals surface area contributed by atoms with Crippen molar-refractivity contribution in [2.24, 2.45) is 0 Å². The molecule has 0 radical (unpaired) electrons.